The van der Waals surface area contributed by atoms with Crippen LogP contribution in [0.4, 0.5) is 0 Å². The quantitative estimate of drug-likeness (QED) is 0.565. The molecule has 1 atom stereocenters. The topological polar surface area (TPSA) is 49.4 Å². The average molecular weight is 419 g/mol. The van der Waals surface area contributed by atoms with Gasteiger partial charge in [-0.15, -0.1) is 11.8 Å². The minimum atomic E-state index is -0.481. The Balaban J connectivity index is 2.14. The first-order valence-corrected chi connectivity index (χ1v) is 10.9. The number of nitrogens with zero attached hydrogens (tertiary/aromatic N) is 1. The fraction of sp³-hybridized carbons (Fsp3) is 0.364. The second-order valence-electron chi connectivity index (χ2n) is 6.46. The minimum absolute atomic E-state index is 0.0534. The van der Waals surface area contributed by atoms with Crippen LogP contribution in [0.3, 0.4) is 0 Å². The van der Waals surface area contributed by atoms with E-state index in [2.05, 4.69) is 5.32 Å². The van der Waals surface area contributed by atoms with Gasteiger partial charge < -0.3 is 10.2 Å². The van der Waals surface area contributed by atoms with E-state index < -0.39 is 6.04 Å². The molecule has 2 amide bonds. The van der Waals surface area contributed by atoms with E-state index in [0.29, 0.717) is 24.5 Å². The number of nitrogens with one attached hydrogen (secondary N) is 1. The standard InChI is InChI=1S/C22H27ClN2O2S/c1-3-14-24-22(27)20(4-2)25(15-17-8-6-5-7-9-17)21(26)16-28-19-12-10-18(23)11-13-19/h5-13,20H,3-4,14-16H2,1-2H3,(H,24,27)/t20-/m1/s1. The van der Waals surface area contributed by atoms with Gasteiger partial charge in [-0.25, -0.2) is 0 Å². The van der Waals surface area contributed by atoms with Gasteiger partial charge in [0.1, 0.15) is 6.04 Å². The molecule has 0 heterocycles. The molecule has 2 aromatic carbocycles. The first-order chi connectivity index (χ1) is 13.5. The Bertz CT molecular complexity index is 753. The van der Waals surface area contributed by atoms with Crippen LogP contribution in [0.1, 0.15) is 32.3 Å². The van der Waals surface area contributed by atoms with Crippen molar-refractivity contribution >= 4 is 35.2 Å². The molecule has 0 aliphatic heterocycles. The molecule has 6 heteroatoms. The molecular formula is C22H27ClN2O2S. The lowest BCUT2D eigenvalue weighted by molar-refractivity contribution is -0.139. The fourth-order valence-corrected chi connectivity index (χ4v) is 3.73. The van der Waals surface area contributed by atoms with Crippen LogP contribution in [0.5, 0.6) is 0 Å². The van der Waals surface area contributed by atoms with Gasteiger partial charge in [0.05, 0.1) is 5.75 Å². The Morgan fingerprint density at radius 1 is 1.07 bits per heavy atom. The monoisotopic (exact) mass is 418 g/mol. The molecule has 1 N–H and O–H groups in total. The summed E-state index contributed by atoms with van der Waals surface area (Å²) in [4.78, 5) is 28.4. The van der Waals surface area contributed by atoms with Crippen molar-refractivity contribution in [3.05, 3.63) is 65.2 Å². The van der Waals surface area contributed by atoms with Gasteiger partial charge in [0.2, 0.25) is 11.8 Å². The summed E-state index contributed by atoms with van der Waals surface area (Å²) < 4.78 is 0. The third kappa shape index (κ3) is 6.88. The molecule has 0 bridgehead atoms. The van der Waals surface area contributed by atoms with Crippen LogP contribution in [0.2, 0.25) is 5.02 Å². The summed E-state index contributed by atoms with van der Waals surface area (Å²) in [5.74, 6) is 0.124. The van der Waals surface area contributed by atoms with E-state index in [4.69, 9.17) is 11.6 Å². The van der Waals surface area contributed by atoms with Gasteiger partial charge in [-0.3, -0.25) is 9.59 Å². The Morgan fingerprint density at radius 2 is 1.75 bits per heavy atom. The number of halogens is 1. The van der Waals surface area contributed by atoms with Crippen molar-refractivity contribution in [1.82, 2.24) is 10.2 Å². The molecule has 0 radical (unpaired) electrons. The molecule has 0 aliphatic carbocycles. The second kappa shape index (κ2) is 11.8. The van der Waals surface area contributed by atoms with E-state index >= 15 is 0 Å². The number of hydrogen-bond acceptors (Lipinski definition) is 3. The molecule has 2 rings (SSSR count). The number of amides is 2. The molecule has 0 unspecified atom stereocenters. The molecule has 28 heavy (non-hydrogen) atoms. The Kier molecular flexibility index (Phi) is 9.38. The van der Waals surface area contributed by atoms with Gasteiger partial charge in [-0.2, -0.15) is 0 Å². The summed E-state index contributed by atoms with van der Waals surface area (Å²) >= 11 is 7.38. The van der Waals surface area contributed by atoms with E-state index in [1.165, 1.54) is 11.8 Å². The summed E-state index contributed by atoms with van der Waals surface area (Å²) in [5, 5.41) is 3.60. The van der Waals surface area contributed by atoms with E-state index in [0.717, 1.165) is 16.9 Å². The van der Waals surface area contributed by atoms with Crippen LogP contribution < -0.4 is 5.32 Å². The zero-order valence-electron chi connectivity index (χ0n) is 16.4. The van der Waals surface area contributed by atoms with Crippen LogP contribution >= 0.6 is 23.4 Å². The number of hydrogen-bond donors (Lipinski definition) is 1. The smallest absolute Gasteiger partial charge is 0.242 e. The van der Waals surface area contributed by atoms with Crippen LogP contribution in [0.25, 0.3) is 0 Å². The number of benzene rings is 2. The SMILES string of the molecule is CCCNC(=O)[C@@H](CC)N(Cc1ccccc1)C(=O)CSc1ccc(Cl)cc1. The van der Waals surface area contributed by atoms with Gasteiger partial charge >= 0.3 is 0 Å². The second-order valence-corrected chi connectivity index (χ2v) is 7.95. The van der Waals surface area contributed by atoms with Gasteiger partial charge in [-0.1, -0.05) is 55.8 Å². The lowest BCUT2D eigenvalue weighted by Gasteiger charge is -2.30. The molecule has 0 aliphatic rings. The normalized spacial score (nSPS) is 11.7. The third-order valence-electron chi connectivity index (χ3n) is 4.31. The summed E-state index contributed by atoms with van der Waals surface area (Å²) in [6.07, 6.45) is 1.43. The summed E-state index contributed by atoms with van der Waals surface area (Å²) in [7, 11) is 0. The van der Waals surface area contributed by atoms with E-state index in [1.807, 2.05) is 68.4 Å². The Hall–Kier alpha value is -1.98. The maximum atomic E-state index is 13.1. The van der Waals surface area contributed by atoms with Crippen LogP contribution in [-0.4, -0.2) is 35.1 Å². The lowest BCUT2D eigenvalue weighted by Crippen LogP contribution is -2.49. The van der Waals surface area contributed by atoms with Crippen molar-refractivity contribution in [1.29, 1.82) is 0 Å². The fourth-order valence-electron chi connectivity index (χ4n) is 2.82. The maximum absolute atomic E-state index is 13.1. The molecule has 0 saturated carbocycles. The first kappa shape index (κ1) is 22.3. The summed E-state index contributed by atoms with van der Waals surface area (Å²) in [6.45, 7) is 4.98. The summed E-state index contributed by atoms with van der Waals surface area (Å²) in [6, 6.07) is 16.7. The predicted octanol–water partition coefficient (Wildman–Crippen LogP) is 4.77. The van der Waals surface area contributed by atoms with Crippen LogP contribution in [-0.2, 0) is 16.1 Å². The van der Waals surface area contributed by atoms with Crippen molar-refractivity contribution in [2.45, 2.75) is 44.2 Å². The maximum Gasteiger partial charge on any atom is 0.242 e. The molecule has 4 nitrogen and oxygen atoms in total. The highest BCUT2D eigenvalue weighted by Gasteiger charge is 2.28. The minimum Gasteiger partial charge on any atom is -0.354 e. The average Bonchev–Trinajstić information content (AvgIpc) is 2.72. The van der Waals surface area contributed by atoms with E-state index in [1.54, 1.807) is 4.90 Å². The van der Waals surface area contributed by atoms with Gasteiger partial charge in [0.15, 0.2) is 0 Å². The molecule has 150 valence electrons. The van der Waals surface area contributed by atoms with Crippen molar-refractivity contribution in [3.8, 4) is 0 Å². The van der Waals surface area contributed by atoms with Gasteiger partial charge in [0, 0.05) is 23.0 Å². The Morgan fingerprint density at radius 3 is 2.36 bits per heavy atom. The summed E-state index contributed by atoms with van der Waals surface area (Å²) in [5.41, 5.74) is 1.01. The molecule has 0 aromatic heterocycles. The number of rotatable bonds is 10. The predicted molar refractivity (Wildman–Crippen MR) is 117 cm³/mol. The van der Waals surface area contributed by atoms with Gasteiger partial charge in [0.25, 0.3) is 0 Å². The lowest BCUT2D eigenvalue weighted by atomic mass is 10.1. The zero-order chi connectivity index (χ0) is 20.4. The molecule has 2 aromatic rings. The van der Waals surface area contributed by atoms with Gasteiger partial charge in [-0.05, 0) is 42.7 Å². The molecular weight excluding hydrogens is 392 g/mol. The van der Waals surface area contributed by atoms with Crippen LogP contribution in [0.15, 0.2) is 59.5 Å². The van der Waals surface area contributed by atoms with Crippen LogP contribution in [0, 0.1) is 0 Å². The van der Waals surface area contributed by atoms with Crippen molar-refractivity contribution in [3.63, 3.8) is 0 Å². The van der Waals surface area contributed by atoms with Crippen molar-refractivity contribution < 1.29 is 9.59 Å². The Labute approximate surface area is 176 Å². The zero-order valence-corrected chi connectivity index (χ0v) is 17.9. The molecule has 0 spiro atoms. The highest BCUT2D eigenvalue weighted by Crippen LogP contribution is 2.22. The number of carbonyl (C=O) groups excluding carboxylic acids is 2. The first-order valence-electron chi connectivity index (χ1n) is 9.54. The highest BCUT2D eigenvalue weighted by atomic mass is 35.5. The molecule has 0 saturated heterocycles. The molecule has 0 fully saturated rings. The van der Waals surface area contributed by atoms with Crippen molar-refractivity contribution in [2.75, 3.05) is 12.3 Å². The van der Waals surface area contributed by atoms with E-state index in [-0.39, 0.29) is 17.6 Å². The highest BCUT2D eigenvalue weighted by molar-refractivity contribution is 8.00. The third-order valence-corrected chi connectivity index (χ3v) is 5.56. The number of thioether (sulfide) groups is 1. The largest absolute Gasteiger partial charge is 0.354 e. The number of carbonyl (C=O) groups is 2. The van der Waals surface area contributed by atoms with E-state index in [9.17, 15) is 9.59 Å². The van der Waals surface area contributed by atoms with Crippen molar-refractivity contribution in [2.24, 2.45) is 0 Å².